The van der Waals surface area contributed by atoms with E-state index in [2.05, 4.69) is 4.98 Å². The van der Waals surface area contributed by atoms with Gasteiger partial charge in [0.15, 0.2) is 0 Å². The summed E-state index contributed by atoms with van der Waals surface area (Å²) in [5, 5.41) is 1.12. The molecule has 6 nitrogen and oxygen atoms in total. The van der Waals surface area contributed by atoms with E-state index < -0.39 is 11.4 Å². The number of hydrogen-bond donors (Lipinski definition) is 1. The quantitative estimate of drug-likeness (QED) is 0.231. The van der Waals surface area contributed by atoms with E-state index in [0.717, 1.165) is 23.0 Å². The zero-order valence-electron chi connectivity index (χ0n) is 22.0. The Kier molecular flexibility index (Phi) is 6.59. The molecule has 204 valence electrons. The van der Waals surface area contributed by atoms with Gasteiger partial charge in [-0.05, 0) is 74.2 Å². The van der Waals surface area contributed by atoms with Crippen LogP contribution in [0.4, 0.5) is 8.78 Å². The third kappa shape index (κ3) is 4.33. The molecule has 6 rings (SSSR count). The molecule has 10 heteroatoms. The van der Waals surface area contributed by atoms with E-state index in [9.17, 15) is 13.6 Å². The Balaban J connectivity index is 1.47. The molecule has 1 aliphatic rings. The molecule has 1 amide bonds. The van der Waals surface area contributed by atoms with Crippen LogP contribution in [0.15, 0.2) is 54.6 Å². The zero-order valence-corrected chi connectivity index (χ0v) is 23.6. The molecule has 5 aromatic rings. The van der Waals surface area contributed by atoms with Crippen molar-refractivity contribution in [2.24, 2.45) is 0 Å². The van der Waals surface area contributed by atoms with Crippen LogP contribution in [0.1, 0.15) is 41.6 Å². The molecule has 2 aromatic heterocycles. The first-order chi connectivity index (χ1) is 19.2. The van der Waals surface area contributed by atoms with Crippen molar-refractivity contribution in [1.29, 1.82) is 0 Å². The van der Waals surface area contributed by atoms with Gasteiger partial charge in [0.25, 0.3) is 5.91 Å². The number of H-pyrrole nitrogens is 1. The van der Waals surface area contributed by atoms with Crippen molar-refractivity contribution in [2.45, 2.75) is 32.2 Å². The van der Waals surface area contributed by atoms with Gasteiger partial charge in [0.2, 0.25) is 0 Å². The van der Waals surface area contributed by atoms with Crippen molar-refractivity contribution in [3.8, 4) is 26.8 Å². The number of hydrogen-bond acceptors (Lipinski definition) is 5. The van der Waals surface area contributed by atoms with Gasteiger partial charge in [0.05, 0.1) is 34.1 Å². The maximum absolute atomic E-state index is 14.3. The SMILES string of the molecule is COc1cc(F)ccc1-c1nc(C(=O)N2CCC[C@@]2(C)c2nc3c(C)c(Cl)ccc3[nH]2)c(-c2ccc(F)cc2)s1. The fourth-order valence-electron chi connectivity index (χ4n) is 5.32. The summed E-state index contributed by atoms with van der Waals surface area (Å²) in [4.78, 5) is 29.8. The topological polar surface area (TPSA) is 71.1 Å². The molecule has 1 atom stereocenters. The van der Waals surface area contributed by atoms with E-state index in [0.29, 0.717) is 50.6 Å². The number of aromatic nitrogens is 3. The van der Waals surface area contributed by atoms with Crippen molar-refractivity contribution in [3.05, 3.63) is 88.3 Å². The van der Waals surface area contributed by atoms with E-state index in [-0.39, 0.29) is 17.4 Å². The van der Waals surface area contributed by atoms with Gasteiger partial charge in [0, 0.05) is 17.6 Å². The highest BCUT2D eigenvalue weighted by Crippen LogP contribution is 2.43. The number of nitrogens with one attached hydrogen (secondary N) is 1. The van der Waals surface area contributed by atoms with Gasteiger partial charge in [-0.1, -0.05) is 23.7 Å². The van der Waals surface area contributed by atoms with Crippen molar-refractivity contribution in [2.75, 3.05) is 13.7 Å². The van der Waals surface area contributed by atoms with Crippen LogP contribution in [-0.4, -0.2) is 39.4 Å². The zero-order chi connectivity index (χ0) is 28.2. The van der Waals surface area contributed by atoms with Crippen LogP contribution in [-0.2, 0) is 5.54 Å². The largest absolute Gasteiger partial charge is 0.496 e. The number of benzene rings is 3. The van der Waals surface area contributed by atoms with Crippen LogP contribution in [0.2, 0.25) is 5.02 Å². The van der Waals surface area contributed by atoms with Crippen LogP contribution in [0.25, 0.3) is 32.0 Å². The molecular weight excluding hydrogens is 554 g/mol. The summed E-state index contributed by atoms with van der Waals surface area (Å²) in [5.74, 6) is -0.104. The van der Waals surface area contributed by atoms with Gasteiger partial charge >= 0.3 is 0 Å². The number of halogens is 3. The van der Waals surface area contributed by atoms with Crippen LogP contribution in [0, 0.1) is 18.6 Å². The minimum absolute atomic E-state index is 0.237. The third-order valence-corrected chi connectivity index (χ3v) is 9.12. The molecule has 1 fully saturated rings. The van der Waals surface area contributed by atoms with Crippen LogP contribution < -0.4 is 4.74 Å². The summed E-state index contributed by atoms with van der Waals surface area (Å²) in [6.07, 6.45) is 1.49. The second kappa shape index (κ2) is 9.98. The number of nitrogens with zero attached hydrogens (tertiary/aromatic N) is 3. The second-order valence-corrected chi connectivity index (χ2v) is 11.4. The lowest BCUT2D eigenvalue weighted by atomic mass is 9.97. The summed E-state index contributed by atoms with van der Waals surface area (Å²) in [5.41, 5.74) is 3.23. The number of aromatic amines is 1. The number of carbonyl (C=O) groups is 1. The molecule has 1 aliphatic heterocycles. The number of likely N-dealkylation sites (tertiary alicyclic amines) is 1. The van der Waals surface area contributed by atoms with E-state index >= 15 is 0 Å². The molecule has 3 aromatic carbocycles. The Morgan fingerprint density at radius 1 is 1.10 bits per heavy atom. The van der Waals surface area contributed by atoms with Gasteiger partial charge in [-0.25, -0.2) is 18.7 Å². The summed E-state index contributed by atoms with van der Waals surface area (Å²) in [6.45, 7) is 4.44. The van der Waals surface area contributed by atoms with Gasteiger partial charge in [-0.15, -0.1) is 11.3 Å². The fraction of sp³-hybridized carbons (Fsp3) is 0.233. The Morgan fingerprint density at radius 3 is 2.60 bits per heavy atom. The lowest BCUT2D eigenvalue weighted by Crippen LogP contribution is -2.44. The highest BCUT2D eigenvalue weighted by atomic mass is 35.5. The predicted molar refractivity (Wildman–Crippen MR) is 153 cm³/mol. The van der Waals surface area contributed by atoms with Crippen LogP contribution >= 0.6 is 22.9 Å². The lowest BCUT2D eigenvalue weighted by Gasteiger charge is -2.33. The average Bonchev–Trinajstić information content (AvgIpc) is 3.68. The van der Waals surface area contributed by atoms with Crippen molar-refractivity contribution in [3.63, 3.8) is 0 Å². The molecule has 0 bridgehead atoms. The summed E-state index contributed by atoms with van der Waals surface area (Å²) in [6, 6.07) is 13.9. The minimum atomic E-state index is -0.716. The Morgan fingerprint density at radius 2 is 1.85 bits per heavy atom. The summed E-state index contributed by atoms with van der Waals surface area (Å²) >= 11 is 7.62. The first-order valence-electron chi connectivity index (χ1n) is 12.8. The number of ether oxygens (including phenoxy) is 1. The van der Waals surface area contributed by atoms with E-state index in [4.69, 9.17) is 26.3 Å². The monoisotopic (exact) mass is 578 g/mol. The normalized spacial score (nSPS) is 17.1. The van der Waals surface area contributed by atoms with Crippen molar-refractivity contribution in [1.82, 2.24) is 19.9 Å². The van der Waals surface area contributed by atoms with Gasteiger partial charge < -0.3 is 14.6 Å². The maximum Gasteiger partial charge on any atom is 0.274 e. The van der Waals surface area contributed by atoms with Crippen LogP contribution in [0.5, 0.6) is 5.75 Å². The number of aryl methyl sites for hydroxylation is 1. The molecule has 0 unspecified atom stereocenters. The molecular formula is C30H25ClF2N4O2S. The Hall–Kier alpha value is -3.82. The Labute approximate surface area is 238 Å². The smallest absolute Gasteiger partial charge is 0.274 e. The molecule has 0 aliphatic carbocycles. The molecule has 0 saturated carbocycles. The van der Waals surface area contributed by atoms with Gasteiger partial charge in [-0.2, -0.15) is 0 Å². The first kappa shape index (κ1) is 26.4. The minimum Gasteiger partial charge on any atom is -0.496 e. The molecule has 1 saturated heterocycles. The maximum atomic E-state index is 14.3. The van der Waals surface area contributed by atoms with Crippen molar-refractivity contribution >= 4 is 39.9 Å². The van der Waals surface area contributed by atoms with Crippen molar-refractivity contribution < 1.29 is 18.3 Å². The molecule has 40 heavy (non-hydrogen) atoms. The highest BCUT2D eigenvalue weighted by Gasteiger charge is 2.45. The fourth-order valence-corrected chi connectivity index (χ4v) is 6.57. The number of rotatable bonds is 5. The van der Waals surface area contributed by atoms with E-state index in [1.165, 1.54) is 42.7 Å². The van der Waals surface area contributed by atoms with Crippen LogP contribution in [0.3, 0.4) is 0 Å². The second-order valence-electron chi connectivity index (χ2n) is 10.0. The number of methoxy groups -OCH3 is 1. The number of imidazole rings is 1. The average molecular weight is 579 g/mol. The Bertz CT molecular complexity index is 1770. The lowest BCUT2D eigenvalue weighted by molar-refractivity contribution is 0.0601. The molecule has 0 spiro atoms. The highest BCUT2D eigenvalue weighted by molar-refractivity contribution is 7.18. The summed E-state index contributed by atoms with van der Waals surface area (Å²) < 4.78 is 33.1. The molecule has 1 N–H and O–H groups in total. The van der Waals surface area contributed by atoms with E-state index in [1.54, 1.807) is 23.1 Å². The standard InChI is InChI=1S/C30H25ClF2N4O2S/c1-16-21(31)11-12-22-24(16)36-29(34-22)30(2)13-4-14-37(30)28(38)25-26(17-5-7-18(32)8-6-17)40-27(35-25)20-10-9-19(33)15-23(20)39-3/h5-12,15H,4,13-14H2,1-3H3,(H,34,36)/t30-/m0/s1. The predicted octanol–water partition coefficient (Wildman–Crippen LogP) is 7.75. The molecule has 0 radical (unpaired) electrons. The number of carbonyl (C=O) groups excluding carboxylic acids is 1. The molecule has 3 heterocycles. The van der Waals surface area contributed by atoms with Gasteiger partial charge in [0.1, 0.15) is 33.9 Å². The first-order valence-corrected chi connectivity index (χ1v) is 14.0. The summed E-state index contributed by atoms with van der Waals surface area (Å²) in [7, 11) is 1.46. The third-order valence-electron chi connectivity index (χ3n) is 7.57. The van der Waals surface area contributed by atoms with E-state index in [1.807, 2.05) is 26.0 Å². The number of thiazole rings is 1. The number of amides is 1. The van der Waals surface area contributed by atoms with Gasteiger partial charge in [-0.3, -0.25) is 4.79 Å². The number of fused-ring (bicyclic) bond motifs is 1.